The van der Waals surface area contributed by atoms with Crippen molar-refractivity contribution in [2.45, 2.75) is 45.6 Å². The van der Waals surface area contributed by atoms with Gasteiger partial charge in [0.25, 0.3) is 5.91 Å². The average molecular weight is 499 g/mol. The number of carbonyl (C=O) groups is 2. The van der Waals surface area contributed by atoms with E-state index in [1.807, 2.05) is 13.8 Å². The first-order valence-electron chi connectivity index (χ1n) is 11.2. The molecule has 1 aromatic heterocycles. The van der Waals surface area contributed by atoms with Gasteiger partial charge >= 0.3 is 6.09 Å². The van der Waals surface area contributed by atoms with Gasteiger partial charge in [0, 0.05) is 15.6 Å². The molecular formula is C26H24Cl2N2O4. The van der Waals surface area contributed by atoms with Crippen LogP contribution in [0.5, 0.6) is 5.88 Å². The van der Waals surface area contributed by atoms with E-state index >= 15 is 0 Å². The van der Waals surface area contributed by atoms with Gasteiger partial charge in [0.05, 0.1) is 22.5 Å². The number of carbonyl (C=O) groups excluding carboxylic acids is 2. The SMILES string of the molecule is CCCC(CCC)OC(=O)n1c(O)c2c(c1-c1ccc(Cl)cc1)C(=O)N=C2c1ccc(Cl)cc1. The number of aromatic hydroxyl groups is 1. The fourth-order valence-corrected chi connectivity index (χ4v) is 4.43. The number of aromatic nitrogens is 1. The van der Waals surface area contributed by atoms with Crippen LogP contribution in [-0.4, -0.2) is 33.5 Å². The maximum absolute atomic E-state index is 13.4. The van der Waals surface area contributed by atoms with E-state index in [-0.39, 0.29) is 28.6 Å². The maximum atomic E-state index is 13.4. The standard InChI is InChI=1S/C26H24Cl2N2O4/c1-3-5-19(6-4-2)34-26(33)30-23(16-9-13-18(28)14-10-16)21-20(25(30)32)22(29-24(21)31)15-7-11-17(27)12-8-15/h7-14,19,32H,3-6H2,1-2H3. The Balaban J connectivity index is 1.88. The van der Waals surface area contributed by atoms with Crippen molar-refractivity contribution in [1.82, 2.24) is 4.57 Å². The average Bonchev–Trinajstić information content (AvgIpc) is 3.30. The van der Waals surface area contributed by atoms with Crippen molar-refractivity contribution in [1.29, 1.82) is 0 Å². The van der Waals surface area contributed by atoms with Gasteiger partial charge in [0.2, 0.25) is 5.88 Å². The highest BCUT2D eigenvalue weighted by molar-refractivity contribution is 6.33. The summed E-state index contributed by atoms with van der Waals surface area (Å²) in [5.74, 6) is -0.943. The van der Waals surface area contributed by atoms with Crippen molar-refractivity contribution in [2.75, 3.05) is 0 Å². The Morgan fingerprint density at radius 3 is 2.00 bits per heavy atom. The minimum atomic E-state index is -0.744. The van der Waals surface area contributed by atoms with Crippen molar-refractivity contribution in [2.24, 2.45) is 4.99 Å². The molecule has 1 aliphatic rings. The topological polar surface area (TPSA) is 80.9 Å². The Morgan fingerprint density at radius 2 is 1.47 bits per heavy atom. The van der Waals surface area contributed by atoms with Crippen LogP contribution in [-0.2, 0) is 4.74 Å². The zero-order valence-corrected chi connectivity index (χ0v) is 20.4. The third kappa shape index (κ3) is 4.48. The van der Waals surface area contributed by atoms with Gasteiger partial charge in [0.1, 0.15) is 6.10 Å². The van der Waals surface area contributed by atoms with Gasteiger partial charge in [-0.3, -0.25) is 4.79 Å². The van der Waals surface area contributed by atoms with E-state index in [0.717, 1.165) is 17.4 Å². The molecule has 1 aliphatic heterocycles. The van der Waals surface area contributed by atoms with E-state index in [0.29, 0.717) is 34.0 Å². The summed E-state index contributed by atoms with van der Waals surface area (Å²) in [7, 11) is 0. The lowest BCUT2D eigenvalue weighted by Crippen LogP contribution is -2.23. The quantitative estimate of drug-likeness (QED) is 0.376. The molecule has 6 nitrogen and oxygen atoms in total. The van der Waals surface area contributed by atoms with Gasteiger partial charge in [-0.15, -0.1) is 0 Å². The van der Waals surface area contributed by atoms with Crippen LogP contribution in [0.4, 0.5) is 4.79 Å². The number of fused-ring (bicyclic) bond motifs is 1. The molecule has 8 heteroatoms. The summed E-state index contributed by atoms with van der Waals surface area (Å²) >= 11 is 12.1. The number of hydrogen-bond donors (Lipinski definition) is 1. The lowest BCUT2D eigenvalue weighted by molar-refractivity contribution is 0.0867. The second-order valence-corrected chi connectivity index (χ2v) is 8.99. The summed E-state index contributed by atoms with van der Waals surface area (Å²) in [6.07, 6.45) is 2.07. The first-order chi connectivity index (χ1) is 16.3. The highest BCUT2D eigenvalue weighted by atomic mass is 35.5. The molecule has 1 N–H and O–H groups in total. The van der Waals surface area contributed by atoms with Crippen molar-refractivity contribution in [3.8, 4) is 17.1 Å². The van der Waals surface area contributed by atoms with Crippen LogP contribution < -0.4 is 0 Å². The van der Waals surface area contributed by atoms with Crippen LogP contribution in [0.3, 0.4) is 0 Å². The molecule has 0 radical (unpaired) electrons. The molecule has 0 aliphatic carbocycles. The Hall–Kier alpha value is -3.09. The molecule has 34 heavy (non-hydrogen) atoms. The number of benzene rings is 2. The molecule has 176 valence electrons. The van der Waals surface area contributed by atoms with Gasteiger partial charge in [-0.2, -0.15) is 0 Å². The minimum Gasteiger partial charge on any atom is -0.494 e. The van der Waals surface area contributed by atoms with Crippen molar-refractivity contribution >= 4 is 40.9 Å². The summed E-state index contributed by atoms with van der Waals surface area (Å²) < 4.78 is 6.85. The Labute approximate surface area is 207 Å². The van der Waals surface area contributed by atoms with Gasteiger partial charge < -0.3 is 9.84 Å². The summed E-state index contributed by atoms with van der Waals surface area (Å²) in [5, 5.41) is 12.3. The minimum absolute atomic E-state index is 0.143. The van der Waals surface area contributed by atoms with Crippen LogP contribution in [0.1, 0.15) is 61.0 Å². The van der Waals surface area contributed by atoms with E-state index in [1.165, 1.54) is 0 Å². The molecular weight excluding hydrogens is 475 g/mol. The van der Waals surface area contributed by atoms with E-state index in [4.69, 9.17) is 27.9 Å². The lowest BCUT2D eigenvalue weighted by atomic mass is 10.0. The number of aliphatic imine (C=N–C) groups is 1. The molecule has 3 aromatic rings. The van der Waals surface area contributed by atoms with E-state index < -0.39 is 17.9 Å². The molecule has 0 unspecified atom stereocenters. The van der Waals surface area contributed by atoms with Crippen LogP contribution in [0.25, 0.3) is 11.3 Å². The monoisotopic (exact) mass is 498 g/mol. The van der Waals surface area contributed by atoms with Crippen molar-refractivity contribution in [3.05, 3.63) is 75.3 Å². The molecule has 1 amide bonds. The molecule has 0 bridgehead atoms. The third-order valence-electron chi connectivity index (χ3n) is 5.72. The second-order valence-electron chi connectivity index (χ2n) is 8.12. The highest BCUT2D eigenvalue weighted by Crippen LogP contribution is 2.41. The van der Waals surface area contributed by atoms with E-state index in [9.17, 15) is 14.7 Å². The zero-order valence-electron chi connectivity index (χ0n) is 18.8. The van der Waals surface area contributed by atoms with Crippen LogP contribution in [0, 0.1) is 0 Å². The Kier molecular flexibility index (Phi) is 7.10. The molecule has 0 fully saturated rings. The van der Waals surface area contributed by atoms with Crippen LogP contribution >= 0.6 is 23.2 Å². The molecule has 0 saturated carbocycles. The summed E-state index contributed by atoms with van der Waals surface area (Å²) in [4.78, 5) is 30.6. The van der Waals surface area contributed by atoms with Crippen LogP contribution in [0.15, 0.2) is 53.5 Å². The molecule has 0 atom stereocenters. The summed E-state index contributed by atoms with van der Waals surface area (Å²) in [5.41, 5.74) is 1.95. The third-order valence-corrected chi connectivity index (χ3v) is 6.22. The first-order valence-corrected chi connectivity index (χ1v) is 11.9. The Morgan fingerprint density at radius 1 is 0.941 bits per heavy atom. The molecule has 0 spiro atoms. The second kappa shape index (κ2) is 10.0. The van der Waals surface area contributed by atoms with Gasteiger partial charge in [-0.05, 0) is 42.7 Å². The fraction of sp³-hybridized carbons (Fsp3) is 0.269. The first kappa shape index (κ1) is 24.0. The van der Waals surface area contributed by atoms with Gasteiger partial charge in [-0.1, -0.05) is 74.2 Å². The number of amides is 1. The predicted octanol–water partition coefficient (Wildman–Crippen LogP) is 7.11. The molecule has 4 rings (SSSR count). The molecule has 2 heterocycles. The maximum Gasteiger partial charge on any atom is 0.421 e. The Bertz CT molecular complexity index is 1260. The number of hydrogen-bond acceptors (Lipinski definition) is 4. The predicted molar refractivity (Wildman–Crippen MR) is 133 cm³/mol. The van der Waals surface area contributed by atoms with Crippen LogP contribution in [0.2, 0.25) is 10.0 Å². The largest absolute Gasteiger partial charge is 0.494 e. The smallest absolute Gasteiger partial charge is 0.421 e. The van der Waals surface area contributed by atoms with Gasteiger partial charge in [0.15, 0.2) is 0 Å². The zero-order chi connectivity index (χ0) is 24.4. The highest BCUT2D eigenvalue weighted by Gasteiger charge is 2.38. The van der Waals surface area contributed by atoms with Gasteiger partial charge in [-0.25, -0.2) is 14.4 Å². The molecule has 0 saturated heterocycles. The summed E-state index contributed by atoms with van der Waals surface area (Å²) in [6, 6.07) is 13.4. The lowest BCUT2D eigenvalue weighted by Gasteiger charge is -2.18. The number of halogens is 2. The number of rotatable bonds is 7. The van der Waals surface area contributed by atoms with Crippen molar-refractivity contribution < 1.29 is 19.4 Å². The molecule has 2 aromatic carbocycles. The normalized spacial score (nSPS) is 12.7. The number of nitrogens with zero attached hydrogens (tertiary/aromatic N) is 2. The van der Waals surface area contributed by atoms with Crippen molar-refractivity contribution in [3.63, 3.8) is 0 Å². The number of ether oxygens (including phenoxy) is 1. The van der Waals surface area contributed by atoms with E-state index in [1.54, 1.807) is 48.5 Å². The summed E-state index contributed by atoms with van der Waals surface area (Å²) in [6.45, 7) is 4.04. The fourth-order valence-electron chi connectivity index (χ4n) is 4.18. The van der Waals surface area contributed by atoms with E-state index in [2.05, 4.69) is 4.99 Å².